The maximum absolute atomic E-state index is 14.2. The van der Waals surface area contributed by atoms with Gasteiger partial charge in [0.05, 0.1) is 5.69 Å². The standard InChI is InChI=1S/C20H12F13NO/c1-10-3-2-4-11(14(10)35)9-34-13-7-5-12(6-8-13)15(21,22)16(23,24)17(25,26)18(27,28)19(29,30)20(31,32)33/h2-9,35H,1H3. The summed E-state index contributed by atoms with van der Waals surface area (Å²) in [5.41, 5.74) is -1.86. The molecule has 0 saturated carbocycles. The second-order valence-electron chi connectivity index (χ2n) is 7.19. The minimum absolute atomic E-state index is 0.00675. The van der Waals surface area contributed by atoms with Crippen LogP contribution in [0.25, 0.3) is 0 Å². The third-order valence-corrected chi connectivity index (χ3v) is 4.78. The number of phenolic OH excluding ortho intramolecular Hbond substituents is 1. The van der Waals surface area contributed by atoms with Crippen LogP contribution in [0.3, 0.4) is 0 Å². The molecule has 15 heteroatoms. The van der Waals surface area contributed by atoms with Crippen LogP contribution in [0.4, 0.5) is 62.8 Å². The average molecular weight is 529 g/mol. The van der Waals surface area contributed by atoms with E-state index in [0.29, 0.717) is 17.7 Å². The maximum atomic E-state index is 14.2. The summed E-state index contributed by atoms with van der Waals surface area (Å²) in [5.74, 6) is -37.6. The Morgan fingerprint density at radius 2 is 1.14 bits per heavy atom. The molecule has 1 N–H and O–H groups in total. The summed E-state index contributed by atoms with van der Waals surface area (Å²) in [6.45, 7) is 1.52. The van der Waals surface area contributed by atoms with Crippen molar-refractivity contribution in [2.75, 3.05) is 0 Å². The zero-order chi connectivity index (χ0) is 27.3. The first-order valence-corrected chi connectivity index (χ1v) is 9.02. The summed E-state index contributed by atoms with van der Waals surface area (Å²) in [6.07, 6.45) is -6.46. The van der Waals surface area contributed by atoms with Gasteiger partial charge in [0.1, 0.15) is 5.75 Å². The molecule has 0 bridgehead atoms. The van der Waals surface area contributed by atoms with Crippen molar-refractivity contribution in [3.8, 4) is 5.75 Å². The average Bonchev–Trinajstić information content (AvgIpc) is 2.73. The Bertz CT molecular complexity index is 1090. The highest BCUT2D eigenvalue weighted by molar-refractivity contribution is 5.85. The Balaban J connectivity index is 2.43. The second kappa shape index (κ2) is 8.59. The lowest BCUT2D eigenvalue weighted by molar-refractivity contribution is -0.441. The third kappa shape index (κ3) is 4.40. The monoisotopic (exact) mass is 529 g/mol. The number of hydrogen-bond donors (Lipinski definition) is 1. The van der Waals surface area contributed by atoms with Gasteiger partial charge in [-0.1, -0.05) is 24.3 Å². The highest BCUT2D eigenvalue weighted by atomic mass is 19.4. The van der Waals surface area contributed by atoms with Crippen LogP contribution in [0, 0.1) is 6.92 Å². The number of para-hydroxylation sites is 1. The molecule has 0 spiro atoms. The van der Waals surface area contributed by atoms with E-state index >= 15 is 0 Å². The molecule has 0 aliphatic rings. The van der Waals surface area contributed by atoms with Crippen molar-refractivity contribution < 1.29 is 62.2 Å². The summed E-state index contributed by atoms with van der Waals surface area (Å²) in [5, 5.41) is 9.84. The number of nitrogens with zero attached hydrogens (tertiary/aromatic N) is 1. The van der Waals surface area contributed by atoms with Gasteiger partial charge >= 0.3 is 35.8 Å². The highest BCUT2D eigenvalue weighted by Crippen LogP contribution is 2.62. The summed E-state index contributed by atoms with van der Waals surface area (Å²) >= 11 is 0. The van der Waals surface area contributed by atoms with E-state index in [-0.39, 0.29) is 29.1 Å². The van der Waals surface area contributed by atoms with Crippen LogP contribution < -0.4 is 0 Å². The number of benzene rings is 2. The Labute approximate surface area is 187 Å². The van der Waals surface area contributed by atoms with Crippen molar-refractivity contribution in [2.24, 2.45) is 4.99 Å². The van der Waals surface area contributed by atoms with Crippen LogP contribution >= 0.6 is 0 Å². The molecule has 2 aromatic carbocycles. The maximum Gasteiger partial charge on any atom is 0.460 e. The lowest BCUT2D eigenvalue weighted by Crippen LogP contribution is -2.69. The number of aromatic hydroxyl groups is 1. The molecular weight excluding hydrogens is 517 g/mol. The Hall–Kier alpha value is -3.00. The predicted molar refractivity (Wildman–Crippen MR) is 96.3 cm³/mol. The molecule has 2 rings (SSSR count). The van der Waals surface area contributed by atoms with Crippen molar-refractivity contribution >= 4 is 11.9 Å². The fourth-order valence-corrected chi connectivity index (χ4v) is 2.64. The van der Waals surface area contributed by atoms with Crippen LogP contribution in [-0.2, 0) is 5.92 Å². The SMILES string of the molecule is Cc1cccc(C=Nc2ccc(C(F)(F)C(F)(F)C(F)(F)C(F)(F)C(F)(F)C(F)(F)F)cc2)c1O. The number of phenols is 1. The zero-order valence-corrected chi connectivity index (χ0v) is 16.9. The Morgan fingerprint density at radius 1 is 0.657 bits per heavy atom. The molecule has 0 aliphatic carbocycles. The minimum Gasteiger partial charge on any atom is -0.507 e. The Morgan fingerprint density at radius 3 is 1.63 bits per heavy atom. The van der Waals surface area contributed by atoms with Gasteiger partial charge < -0.3 is 5.11 Å². The largest absolute Gasteiger partial charge is 0.507 e. The zero-order valence-electron chi connectivity index (χ0n) is 16.9. The molecule has 0 atom stereocenters. The predicted octanol–water partition coefficient (Wildman–Crippen LogP) is 7.65. The molecule has 0 radical (unpaired) electrons. The van der Waals surface area contributed by atoms with Crippen molar-refractivity contribution in [3.63, 3.8) is 0 Å². The van der Waals surface area contributed by atoms with E-state index in [1.54, 1.807) is 0 Å². The van der Waals surface area contributed by atoms with E-state index in [2.05, 4.69) is 4.99 Å². The van der Waals surface area contributed by atoms with Gasteiger partial charge in [-0.15, -0.1) is 0 Å². The number of aliphatic imine (C=N–C) groups is 1. The van der Waals surface area contributed by atoms with Gasteiger partial charge in [0.15, 0.2) is 0 Å². The molecule has 194 valence electrons. The van der Waals surface area contributed by atoms with Crippen LogP contribution in [0.15, 0.2) is 47.5 Å². The van der Waals surface area contributed by atoms with E-state index in [1.807, 2.05) is 0 Å². The van der Waals surface area contributed by atoms with Gasteiger partial charge in [0.2, 0.25) is 0 Å². The molecule has 2 aromatic rings. The molecule has 0 amide bonds. The van der Waals surface area contributed by atoms with Crippen molar-refractivity contribution in [2.45, 2.75) is 42.7 Å². The third-order valence-electron chi connectivity index (χ3n) is 4.78. The summed E-state index contributed by atoms with van der Waals surface area (Å²) in [4.78, 5) is 3.70. The van der Waals surface area contributed by atoms with Gasteiger partial charge in [0.25, 0.3) is 0 Å². The highest BCUT2D eigenvalue weighted by Gasteiger charge is 2.90. The first kappa shape index (κ1) is 28.2. The molecule has 0 aromatic heterocycles. The molecule has 35 heavy (non-hydrogen) atoms. The van der Waals surface area contributed by atoms with Gasteiger partial charge in [-0.2, -0.15) is 57.1 Å². The van der Waals surface area contributed by atoms with Crippen LogP contribution in [0.1, 0.15) is 16.7 Å². The smallest absolute Gasteiger partial charge is 0.460 e. The van der Waals surface area contributed by atoms with Gasteiger partial charge in [0, 0.05) is 17.3 Å². The molecule has 2 nitrogen and oxygen atoms in total. The minimum atomic E-state index is -7.95. The number of alkyl halides is 13. The summed E-state index contributed by atoms with van der Waals surface area (Å²) in [7, 11) is 0. The van der Waals surface area contributed by atoms with E-state index in [1.165, 1.54) is 25.1 Å². The number of halogens is 13. The number of hydrogen-bond acceptors (Lipinski definition) is 2. The lowest BCUT2D eigenvalue weighted by atomic mass is 9.90. The van der Waals surface area contributed by atoms with Crippen LogP contribution in [-0.4, -0.2) is 41.2 Å². The van der Waals surface area contributed by atoms with Gasteiger partial charge in [-0.25, -0.2) is 0 Å². The normalized spacial score (nSPS) is 14.6. The van der Waals surface area contributed by atoms with E-state index < -0.39 is 41.4 Å². The van der Waals surface area contributed by atoms with Gasteiger partial charge in [-0.3, -0.25) is 4.99 Å². The van der Waals surface area contributed by atoms with E-state index in [9.17, 15) is 62.2 Å². The first-order chi connectivity index (χ1) is 15.6. The van der Waals surface area contributed by atoms with Crippen LogP contribution in [0.2, 0.25) is 0 Å². The Kier molecular flexibility index (Phi) is 6.93. The topological polar surface area (TPSA) is 32.6 Å². The van der Waals surface area contributed by atoms with Crippen molar-refractivity contribution in [1.82, 2.24) is 0 Å². The van der Waals surface area contributed by atoms with Gasteiger partial charge in [-0.05, 0) is 30.7 Å². The molecule has 0 fully saturated rings. The fraction of sp³-hybridized carbons (Fsp3) is 0.350. The van der Waals surface area contributed by atoms with Crippen LogP contribution in [0.5, 0.6) is 5.75 Å². The summed E-state index contributed by atoms with van der Waals surface area (Å²) < 4.78 is 172. The summed E-state index contributed by atoms with van der Waals surface area (Å²) in [6, 6.07) is 5.44. The second-order valence-corrected chi connectivity index (χ2v) is 7.19. The first-order valence-electron chi connectivity index (χ1n) is 9.02. The van der Waals surface area contributed by atoms with E-state index in [0.717, 1.165) is 6.21 Å². The molecule has 0 heterocycles. The van der Waals surface area contributed by atoms with E-state index in [4.69, 9.17) is 0 Å². The molecule has 0 aliphatic heterocycles. The number of aryl methyl sites for hydroxylation is 1. The molecule has 0 unspecified atom stereocenters. The number of rotatable bonds is 7. The quantitative estimate of drug-likeness (QED) is 0.290. The van der Waals surface area contributed by atoms with Crippen molar-refractivity contribution in [1.29, 1.82) is 0 Å². The molecular formula is C20H12F13NO. The molecule has 0 saturated heterocycles. The fourth-order valence-electron chi connectivity index (χ4n) is 2.64. The van der Waals surface area contributed by atoms with Crippen molar-refractivity contribution in [3.05, 3.63) is 59.2 Å². The lowest BCUT2D eigenvalue weighted by Gasteiger charge is -2.39.